The fourth-order valence-electron chi connectivity index (χ4n) is 3.18. The number of pyridine rings is 1. The van der Waals surface area contributed by atoms with E-state index in [1.807, 2.05) is 40.9 Å². The van der Waals surface area contributed by atoms with Gasteiger partial charge < -0.3 is 5.32 Å². The number of carbonyl (C=O) groups excluding carboxylic acids is 1. The van der Waals surface area contributed by atoms with Crippen molar-refractivity contribution in [2.75, 3.05) is 0 Å². The van der Waals surface area contributed by atoms with E-state index in [1.54, 1.807) is 24.4 Å². The molecule has 0 aliphatic rings. The summed E-state index contributed by atoms with van der Waals surface area (Å²) in [5.41, 5.74) is 4.03. The van der Waals surface area contributed by atoms with Crippen molar-refractivity contribution >= 4 is 32.4 Å². The van der Waals surface area contributed by atoms with Crippen molar-refractivity contribution in [3.8, 4) is 11.3 Å². The van der Waals surface area contributed by atoms with E-state index in [9.17, 15) is 9.18 Å². The van der Waals surface area contributed by atoms with Crippen LogP contribution in [0.2, 0.25) is 0 Å². The summed E-state index contributed by atoms with van der Waals surface area (Å²) >= 11 is 1.51. The van der Waals surface area contributed by atoms with Crippen molar-refractivity contribution in [2.24, 2.45) is 0 Å². The fourth-order valence-corrected chi connectivity index (χ4v) is 4.22. The largest absolute Gasteiger partial charge is 0.346 e. The molecule has 1 amide bonds. The van der Waals surface area contributed by atoms with Gasteiger partial charge in [0.2, 0.25) is 0 Å². The topological polar surface area (TPSA) is 59.3 Å². The maximum absolute atomic E-state index is 13.1. The molecule has 5 nitrogen and oxygen atoms in total. The zero-order chi connectivity index (χ0) is 19.8. The van der Waals surface area contributed by atoms with Crippen molar-refractivity contribution < 1.29 is 9.18 Å². The lowest BCUT2D eigenvalue weighted by atomic mass is 10.2. The first-order chi connectivity index (χ1) is 14.2. The minimum Gasteiger partial charge on any atom is -0.346 e. The Morgan fingerprint density at radius 2 is 1.97 bits per heavy atom. The monoisotopic (exact) mass is 402 g/mol. The third-order valence-corrected chi connectivity index (χ3v) is 5.67. The Labute approximate surface area is 169 Å². The van der Waals surface area contributed by atoms with Crippen molar-refractivity contribution in [1.82, 2.24) is 19.7 Å². The smallest absolute Gasteiger partial charge is 0.251 e. The number of hydrogen-bond acceptors (Lipinski definition) is 4. The average Bonchev–Trinajstić information content (AvgIpc) is 3.31. The van der Waals surface area contributed by atoms with Crippen LogP contribution in [0.4, 0.5) is 4.39 Å². The molecule has 0 bridgehead atoms. The standard InChI is InChI=1S/C22H15FN4OS/c23-16-7-4-14(5-8-16)18-13-27-19-9-6-15(11-20(19)29-22(27)26-18)21(28)25-12-17-3-1-2-10-24-17/h1-11,13H,12H2,(H,25,28). The summed E-state index contributed by atoms with van der Waals surface area (Å²) in [6.45, 7) is 0.381. The van der Waals surface area contributed by atoms with Crippen LogP contribution >= 0.6 is 11.3 Å². The third-order valence-electron chi connectivity index (χ3n) is 4.65. The second kappa shape index (κ2) is 7.10. The number of thiazole rings is 1. The average molecular weight is 402 g/mol. The highest BCUT2D eigenvalue weighted by atomic mass is 32.1. The van der Waals surface area contributed by atoms with Gasteiger partial charge in [-0.1, -0.05) is 17.4 Å². The van der Waals surface area contributed by atoms with E-state index >= 15 is 0 Å². The van der Waals surface area contributed by atoms with E-state index in [1.165, 1.54) is 23.5 Å². The molecule has 0 spiro atoms. The van der Waals surface area contributed by atoms with Crippen LogP contribution in [0.15, 0.2) is 73.1 Å². The zero-order valence-electron chi connectivity index (χ0n) is 15.2. The molecule has 2 aromatic carbocycles. The van der Waals surface area contributed by atoms with Gasteiger partial charge in [0.25, 0.3) is 5.91 Å². The van der Waals surface area contributed by atoms with Crippen LogP contribution in [0.5, 0.6) is 0 Å². The number of halogens is 1. The summed E-state index contributed by atoms with van der Waals surface area (Å²) in [5.74, 6) is -0.412. The molecule has 142 valence electrons. The number of nitrogens with one attached hydrogen (secondary N) is 1. The van der Waals surface area contributed by atoms with Crippen LogP contribution < -0.4 is 5.32 Å². The van der Waals surface area contributed by atoms with Gasteiger partial charge in [0, 0.05) is 23.5 Å². The van der Waals surface area contributed by atoms with E-state index in [0.717, 1.165) is 32.1 Å². The maximum Gasteiger partial charge on any atom is 0.251 e. The molecule has 0 aliphatic carbocycles. The number of aromatic nitrogens is 3. The van der Waals surface area contributed by atoms with E-state index in [0.29, 0.717) is 12.1 Å². The molecular weight excluding hydrogens is 387 g/mol. The van der Waals surface area contributed by atoms with E-state index < -0.39 is 0 Å². The molecule has 0 saturated heterocycles. The molecule has 1 N–H and O–H groups in total. The van der Waals surface area contributed by atoms with Crippen LogP contribution in [0.3, 0.4) is 0 Å². The Hall–Kier alpha value is -3.58. The predicted molar refractivity (Wildman–Crippen MR) is 111 cm³/mol. The van der Waals surface area contributed by atoms with Gasteiger partial charge >= 0.3 is 0 Å². The Morgan fingerprint density at radius 1 is 1.10 bits per heavy atom. The molecule has 0 unspecified atom stereocenters. The number of rotatable bonds is 4. The van der Waals surface area contributed by atoms with Gasteiger partial charge in [-0.3, -0.25) is 14.2 Å². The van der Waals surface area contributed by atoms with Crippen molar-refractivity contribution in [3.63, 3.8) is 0 Å². The van der Waals surface area contributed by atoms with Gasteiger partial charge in [0.05, 0.1) is 28.1 Å². The van der Waals surface area contributed by atoms with Crippen molar-refractivity contribution in [2.45, 2.75) is 6.54 Å². The molecular formula is C22H15FN4OS. The first-order valence-electron chi connectivity index (χ1n) is 9.03. The molecule has 5 aromatic rings. The lowest BCUT2D eigenvalue weighted by Crippen LogP contribution is -2.23. The van der Waals surface area contributed by atoms with Crippen LogP contribution in [0.1, 0.15) is 16.1 Å². The molecule has 5 rings (SSSR count). The molecule has 3 aromatic heterocycles. The van der Waals surface area contributed by atoms with E-state index in [-0.39, 0.29) is 11.7 Å². The minimum atomic E-state index is -0.269. The number of imidazole rings is 1. The van der Waals surface area contributed by atoms with Crippen LogP contribution in [-0.2, 0) is 6.54 Å². The Kier molecular flexibility index (Phi) is 4.29. The number of fused-ring (bicyclic) bond motifs is 3. The van der Waals surface area contributed by atoms with Gasteiger partial charge in [0.1, 0.15) is 5.82 Å². The zero-order valence-corrected chi connectivity index (χ0v) is 16.0. The van der Waals surface area contributed by atoms with Gasteiger partial charge in [0.15, 0.2) is 4.96 Å². The maximum atomic E-state index is 13.1. The summed E-state index contributed by atoms with van der Waals surface area (Å²) in [5, 5.41) is 2.89. The summed E-state index contributed by atoms with van der Waals surface area (Å²) in [6.07, 6.45) is 3.64. The van der Waals surface area contributed by atoms with Gasteiger partial charge in [-0.2, -0.15) is 0 Å². The normalized spacial score (nSPS) is 11.2. The lowest BCUT2D eigenvalue weighted by Gasteiger charge is -2.05. The summed E-state index contributed by atoms with van der Waals surface area (Å²) in [6, 6.07) is 17.5. The number of hydrogen-bond donors (Lipinski definition) is 1. The van der Waals surface area contributed by atoms with E-state index in [2.05, 4.69) is 15.3 Å². The predicted octanol–water partition coefficient (Wildman–Crippen LogP) is 4.68. The summed E-state index contributed by atoms with van der Waals surface area (Å²) in [4.78, 5) is 22.2. The second-order valence-corrected chi connectivity index (χ2v) is 7.58. The van der Waals surface area contributed by atoms with Crippen LogP contribution in [0.25, 0.3) is 26.4 Å². The highest BCUT2D eigenvalue weighted by Crippen LogP contribution is 2.30. The molecule has 0 fully saturated rings. The van der Waals surface area contributed by atoms with Crippen molar-refractivity contribution in [1.29, 1.82) is 0 Å². The number of amides is 1. The first kappa shape index (κ1) is 17.5. The minimum absolute atomic E-state index is 0.143. The van der Waals surface area contributed by atoms with Crippen molar-refractivity contribution in [3.05, 3.63) is 90.1 Å². The van der Waals surface area contributed by atoms with Crippen LogP contribution in [0, 0.1) is 5.82 Å². The van der Waals surface area contributed by atoms with E-state index in [4.69, 9.17) is 0 Å². The SMILES string of the molecule is O=C(NCc1ccccn1)c1ccc2c(c1)sc1nc(-c3ccc(F)cc3)cn12. The molecule has 0 aliphatic heterocycles. The summed E-state index contributed by atoms with van der Waals surface area (Å²) < 4.78 is 16.1. The molecule has 7 heteroatoms. The Balaban J connectivity index is 1.42. The molecule has 0 radical (unpaired) electrons. The van der Waals surface area contributed by atoms with Gasteiger partial charge in [-0.15, -0.1) is 0 Å². The van der Waals surface area contributed by atoms with Gasteiger partial charge in [-0.25, -0.2) is 9.37 Å². The number of carbonyl (C=O) groups is 1. The first-order valence-corrected chi connectivity index (χ1v) is 9.85. The fraction of sp³-hybridized carbons (Fsp3) is 0.0455. The molecule has 0 atom stereocenters. The number of nitrogens with zero attached hydrogens (tertiary/aromatic N) is 3. The highest BCUT2D eigenvalue weighted by Gasteiger charge is 2.13. The quantitative estimate of drug-likeness (QED) is 0.475. The third kappa shape index (κ3) is 3.36. The Bertz CT molecular complexity index is 1330. The lowest BCUT2D eigenvalue weighted by molar-refractivity contribution is 0.0950. The Morgan fingerprint density at radius 3 is 2.76 bits per heavy atom. The summed E-state index contributed by atoms with van der Waals surface area (Å²) in [7, 11) is 0. The van der Waals surface area contributed by atoms with Crippen LogP contribution in [-0.4, -0.2) is 20.3 Å². The van der Waals surface area contributed by atoms with Gasteiger partial charge in [-0.05, 0) is 54.6 Å². The molecule has 0 saturated carbocycles. The second-order valence-electron chi connectivity index (χ2n) is 6.57. The molecule has 3 heterocycles. The molecule has 29 heavy (non-hydrogen) atoms. The number of benzene rings is 2. The highest BCUT2D eigenvalue weighted by molar-refractivity contribution is 7.23.